The molecule has 1 fully saturated rings. The molecular weight excluding hydrogens is 420 g/mol. The van der Waals surface area contributed by atoms with Crippen LogP contribution in [0.1, 0.15) is 13.8 Å². The van der Waals surface area contributed by atoms with Crippen LogP contribution in [0.4, 0.5) is 10.6 Å². The van der Waals surface area contributed by atoms with Gasteiger partial charge in [-0.2, -0.15) is 0 Å². The predicted octanol–water partition coefficient (Wildman–Crippen LogP) is 2.96. The first-order chi connectivity index (χ1) is 16.0. The van der Waals surface area contributed by atoms with E-state index >= 15 is 0 Å². The van der Waals surface area contributed by atoms with Gasteiger partial charge in [-0.25, -0.2) is 14.8 Å². The molecule has 0 saturated carbocycles. The number of anilines is 1. The van der Waals surface area contributed by atoms with E-state index in [0.717, 1.165) is 49.5 Å². The second-order valence-corrected chi connectivity index (χ2v) is 8.28. The zero-order valence-electron chi connectivity index (χ0n) is 19.3. The summed E-state index contributed by atoms with van der Waals surface area (Å²) in [4.78, 5) is 29.6. The van der Waals surface area contributed by atoms with Crippen molar-refractivity contribution in [3.05, 3.63) is 42.7 Å². The van der Waals surface area contributed by atoms with E-state index in [1.807, 2.05) is 44.2 Å². The molecule has 4 rings (SSSR count). The molecule has 0 atom stereocenters. The van der Waals surface area contributed by atoms with Crippen LogP contribution in [-0.4, -0.2) is 78.4 Å². The minimum Gasteiger partial charge on any atom is -0.476 e. The van der Waals surface area contributed by atoms with Crippen molar-refractivity contribution in [3.63, 3.8) is 0 Å². The highest BCUT2D eigenvalue weighted by atomic mass is 16.5. The number of pyridine rings is 1. The van der Waals surface area contributed by atoms with Crippen LogP contribution in [-0.2, 0) is 4.74 Å². The van der Waals surface area contributed by atoms with Gasteiger partial charge in [-0.1, -0.05) is 6.07 Å². The normalized spacial score (nSPS) is 14.4. The average Bonchev–Trinajstić information content (AvgIpc) is 2.83. The van der Waals surface area contributed by atoms with Crippen molar-refractivity contribution in [3.8, 4) is 17.0 Å². The van der Waals surface area contributed by atoms with Gasteiger partial charge in [0.1, 0.15) is 6.61 Å². The third-order valence-corrected chi connectivity index (χ3v) is 5.42. The summed E-state index contributed by atoms with van der Waals surface area (Å²) in [6.45, 7) is 8.75. The molecule has 1 aromatic carbocycles. The Morgan fingerprint density at radius 3 is 2.64 bits per heavy atom. The number of carbonyl (C=O) groups is 1. The lowest BCUT2D eigenvalue weighted by molar-refractivity contribution is 0.0320. The average molecular weight is 451 g/mol. The van der Waals surface area contributed by atoms with Crippen molar-refractivity contribution in [1.29, 1.82) is 0 Å². The van der Waals surface area contributed by atoms with E-state index in [-0.39, 0.29) is 12.1 Å². The Hall–Kier alpha value is -3.30. The number of nitrogens with one attached hydrogen (secondary N) is 1. The zero-order chi connectivity index (χ0) is 23.2. The lowest BCUT2D eigenvalue weighted by Gasteiger charge is -2.26. The number of hydrogen-bond donors (Lipinski definition) is 1. The van der Waals surface area contributed by atoms with Gasteiger partial charge in [-0.3, -0.25) is 14.8 Å². The van der Waals surface area contributed by atoms with Gasteiger partial charge in [-0.15, -0.1) is 0 Å². The Morgan fingerprint density at radius 1 is 1.12 bits per heavy atom. The first-order valence-corrected chi connectivity index (χ1v) is 11.2. The van der Waals surface area contributed by atoms with E-state index in [2.05, 4.69) is 25.2 Å². The van der Waals surface area contributed by atoms with Gasteiger partial charge in [0.05, 0.1) is 30.4 Å². The van der Waals surface area contributed by atoms with Crippen molar-refractivity contribution in [2.24, 2.45) is 0 Å². The van der Waals surface area contributed by atoms with Crippen molar-refractivity contribution in [2.45, 2.75) is 19.9 Å². The van der Waals surface area contributed by atoms with E-state index in [0.29, 0.717) is 23.8 Å². The fourth-order valence-corrected chi connectivity index (χ4v) is 3.53. The summed E-state index contributed by atoms with van der Waals surface area (Å²) in [5.41, 5.74) is 3.39. The Morgan fingerprint density at radius 2 is 1.91 bits per heavy atom. The summed E-state index contributed by atoms with van der Waals surface area (Å²) in [6, 6.07) is 9.55. The maximum absolute atomic E-state index is 12.3. The number of nitrogens with zero attached hydrogens (tertiary/aromatic N) is 5. The summed E-state index contributed by atoms with van der Waals surface area (Å²) in [7, 11) is 1.68. The minimum atomic E-state index is -0.219. The van der Waals surface area contributed by atoms with Crippen molar-refractivity contribution >= 4 is 22.9 Å². The largest absolute Gasteiger partial charge is 0.476 e. The molecule has 0 unspecified atom stereocenters. The molecule has 0 bridgehead atoms. The molecule has 9 nitrogen and oxygen atoms in total. The summed E-state index contributed by atoms with van der Waals surface area (Å²) in [6.07, 6.45) is 3.40. The maximum Gasteiger partial charge on any atom is 0.323 e. The molecule has 1 aliphatic rings. The van der Waals surface area contributed by atoms with E-state index in [1.54, 1.807) is 19.4 Å². The van der Waals surface area contributed by atoms with Crippen LogP contribution in [0, 0.1) is 0 Å². The predicted molar refractivity (Wildman–Crippen MR) is 128 cm³/mol. The monoisotopic (exact) mass is 450 g/mol. The number of amides is 2. The molecular formula is C24H30N6O3. The number of urea groups is 1. The topological polar surface area (TPSA) is 92.7 Å². The van der Waals surface area contributed by atoms with Crippen LogP contribution >= 0.6 is 0 Å². The Labute approximate surface area is 193 Å². The van der Waals surface area contributed by atoms with Gasteiger partial charge >= 0.3 is 6.03 Å². The third-order valence-electron chi connectivity index (χ3n) is 5.42. The first kappa shape index (κ1) is 22.9. The standard InChI is InChI=1S/C24H30N6O3/c1-17(2)27-24(31)29(3)22-16-25-20-6-4-18(14-21(20)28-22)19-5-7-23(26-15-19)33-13-10-30-8-11-32-12-9-30/h4-7,14-17H,8-13H2,1-3H3,(H,27,31). The molecule has 2 aromatic heterocycles. The molecule has 3 aromatic rings. The van der Waals surface area contributed by atoms with Gasteiger partial charge in [0.25, 0.3) is 0 Å². The number of hydrogen-bond acceptors (Lipinski definition) is 7. The highest BCUT2D eigenvalue weighted by Crippen LogP contribution is 2.24. The molecule has 9 heteroatoms. The molecule has 174 valence electrons. The summed E-state index contributed by atoms with van der Waals surface area (Å²) < 4.78 is 11.2. The second kappa shape index (κ2) is 10.5. The highest BCUT2D eigenvalue weighted by Gasteiger charge is 2.14. The molecule has 0 radical (unpaired) electrons. The quantitative estimate of drug-likeness (QED) is 0.592. The number of morpholine rings is 1. The molecule has 1 aliphatic heterocycles. The zero-order valence-corrected chi connectivity index (χ0v) is 19.3. The van der Waals surface area contributed by atoms with Crippen molar-refractivity contribution < 1.29 is 14.3 Å². The number of fused-ring (bicyclic) bond motifs is 1. The highest BCUT2D eigenvalue weighted by molar-refractivity contribution is 5.91. The van der Waals surface area contributed by atoms with Crippen LogP contribution < -0.4 is 15.0 Å². The number of ether oxygens (including phenoxy) is 2. The summed E-state index contributed by atoms with van der Waals surface area (Å²) in [5.74, 6) is 1.09. The molecule has 0 aliphatic carbocycles. The Kier molecular flexibility index (Phi) is 7.31. The van der Waals surface area contributed by atoms with Crippen LogP contribution in [0.3, 0.4) is 0 Å². The van der Waals surface area contributed by atoms with E-state index in [1.165, 1.54) is 4.90 Å². The lowest BCUT2D eigenvalue weighted by Crippen LogP contribution is -2.41. The number of benzene rings is 1. The molecule has 2 amide bonds. The van der Waals surface area contributed by atoms with E-state index in [9.17, 15) is 4.79 Å². The fourth-order valence-electron chi connectivity index (χ4n) is 3.53. The van der Waals surface area contributed by atoms with Crippen LogP contribution in [0.25, 0.3) is 22.2 Å². The van der Waals surface area contributed by atoms with Crippen LogP contribution in [0.15, 0.2) is 42.7 Å². The maximum atomic E-state index is 12.3. The van der Waals surface area contributed by atoms with Crippen molar-refractivity contribution in [1.82, 2.24) is 25.2 Å². The molecule has 33 heavy (non-hydrogen) atoms. The van der Waals surface area contributed by atoms with E-state index < -0.39 is 0 Å². The molecule has 1 N–H and O–H groups in total. The van der Waals surface area contributed by atoms with Gasteiger partial charge in [0, 0.05) is 50.6 Å². The van der Waals surface area contributed by atoms with Crippen LogP contribution in [0.2, 0.25) is 0 Å². The summed E-state index contributed by atoms with van der Waals surface area (Å²) in [5, 5.41) is 2.86. The fraction of sp³-hybridized carbons (Fsp3) is 0.417. The van der Waals surface area contributed by atoms with Gasteiger partial charge in [0.2, 0.25) is 5.88 Å². The second-order valence-electron chi connectivity index (χ2n) is 8.28. The van der Waals surface area contributed by atoms with Gasteiger partial charge in [0.15, 0.2) is 5.82 Å². The third kappa shape index (κ3) is 5.94. The Balaban J connectivity index is 1.43. The van der Waals surface area contributed by atoms with Gasteiger partial charge in [-0.05, 0) is 37.6 Å². The number of aromatic nitrogens is 3. The van der Waals surface area contributed by atoms with Crippen LogP contribution in [0.5, 0.6) is 5.88 Å². The van der Waals surface area contributed by atoms with Gasteiger partial charge < -0.3 is 14.8 Å². The minimum absolute atomic E-state index is 0.0405. The van der Waals surface area contributed by atoms with Crippen molar-refractivity contribution in [2.75, 3.05) is 51.4 Å². The lowest BCUT2D eigenvalue weighted by atomic mass is 10.1. The SMILES string of the molecule is CC(C)NC(=O)N(C)c1cnc2ccc(-c3ccc(OCCN4CCOCC4)nc3)cc2n1. The molecule has 1 saturated heterocycles. The number of carbonyl (C=O) groups excluding carboxylic acids is 1. The Bertz CT molecular complexity index is 1080. The molecule has 3 heterocycles. The molecule has 0 spiro atoms. The smallest absolute Gasteiger partial charge is 0.323 e. The summed E-state index contributed by atoms with van der Waals surface area (Å²) >= 11 is 0. The number of rotatable bonds is 7. The van der Waals surface area contributed by atoms with E-state index in [4.69, 9.17) is 9.47 Å². The first-order valence-electron chi connectivity index (χ1n) is 11.2.